The summed E-state index contributed by atoms with van der Waals surface area (Å²) in [5.41, 5.74) is 3.53. The lowest BCUT2D eigenvalue weighted by Gasteiger charge is -2.05. The fraction of sp³-hybridized carbons (Fsp3) is 0.353. The first kappa shape index (κ1) is 16.2. The quantitative estimate of drug-likeness (QED) is 0.631. The topological polar surface area (TPSA) is 43.6 Å². The molecule has 2 aromatic heterocycles. The molecule has 0 radical (unpaired) electrons. The lowest BCUT2D eigenvalue weighted by atomic mass is 10.1. The van der Waals surface area contributed by atoms with Crippen LogP contribution in [0.5, 0.6) is 0 Å². The number of thiazole rings is 1. The summed E-state index contributed by atoms with van der Waals surface area (Å²) in [6.07, 6.45) is 0. The molecular formula is C17H20N4S2. The lowest BCUT2D eigenvalue weighted by Crippen LogP contribution is -2.00. The molecule has 0 atom stereocenters. The van der Waals surface area contributed by atoms with E-state index in [0.29, 0.717) is 5.92 Å². The molecule has 0 saturated carbocycles. The summed E-state index contributed by atoms with van der Waals surface area (Å²) >= 11 is 3.38. The van der Waals surface area contributed by atoms with E-state index in [1.165, 1.54) is 11.1 Å². The normalized spacial score (nSPS) is 11.3. The summed E-state index contributed by atoms with van der Waals surface area (Å²) in [4.78, 5) is 4.75. The van der Waals surface area contributed by atoms with E-state index < -0.39 is 0 Å². The number of aromatic nitrogens is 4. The molecule has 2 heterocycles. The van der Waals surface area contributed by atoms with Crippen LogP contribution in [0.2, 0.25) is 0 Å². The molecule has 6 heteroatoms. The van der Waals surface area contributed by atoms with Crippen LogP contribution in [0.15, 0.2) is 34.8 Å². The molecule has 0 fully saturated rings. The molecule has 0 aliphatic heterocycles. The third kappa shape index (κ3) is 3.64. The van der Waals surface area contributed by atoms with Gasteiger partial charge in [0.25, 0.3) is 0 Å². The minimum Gasteiger partial charge on any atom is -0.309 e. The van der Waals surface area contributed by atoms with Crippen LogP contribution in [0.3, 0.4) is 0 Å². The van der Waals surface area contributed by atoms with E-state index in [1.807, 2.05) is 7.05 Å². The largest absolute Gasteiger partial charge is 0.309 e. The number of aryl methyl sites for hydroxylation is 1. The van der Waals surface area contributed by atoms with Gasteiger partial charge in [0.2, 0.25) is 0 Å². The van der Waals surface area contributed by atoms with Crippen LogP contribution in [0.4, 0.5) is 0 Å². The predicted molar refractivity (Wildman–Crippen MR) is 96.9 cm³/mol. The molecule has 0 unspecified atom stereocenters. The zero-order chi connectivity index (χ0) is 16.4. The van der Waals surface area contributed by atoms with Crippen LogP contribution in [0.1, 0.15) is 36.8 Å². The summed E-state index contributed by atoms with van der Waals surface area (Å²) in [6, 6.07) is 8.47. The molecule has 0 saturated heterocycles. The van der Waals surface area contributed by atoms with Gasteiger partial charge < -0.3 is 4.57 Å². The maximum Gasteiger partial charge on any atom is 0.191 e. The van der Waals surface area contributed by atoms with E-state index in [-0.39, 0.29) is 0 Å². The highest BCUT2D eigenvalue weighted by Gasteiger charge is 2.13. The van der Waals surface area contributed by atoms with E-state index in [1.54, 1.807) is 23.1 Å². The van der Waals surface area contributed by atoms with Gasteiger partial charge in [0.1, 0.15) is 10.8 Å². The van der Waals surface area contributed by atoms with Gasteiger partial charge in [0, 0.05) is 29.7 Å². The van der Waals surface area contributed by atoms with Crippen LogP contribution < -0.4 is 0 Å². The van der Waals surface area contributed by atoms with Gasteiger partial charge in [0.15, 0.2) is 5.16 Å². The summed E-state index contributed by atoms with van der Waals surface area (Å²) in [5, 5.41) is 12.7. The van der Waals surface area contributed by atoms with Crippen LogP contribution in [-0.2, 0) is 12.8 Å². The highest BCUT2D eigenvalue weighted by molar-refractivity contribution is 7.98. The Kier molecular flexibility index (Phi) is 4.82. The average molecular weight is 345 g/mol. The molecule has 0 spiro atoms. The Morgan fingerprint density at radius 2 is 2.09 bits per heavy atom. The number of hydrogen-bond acceptors (Lipinski definition) is 5. The fourth-order valence-corrected chi connectivity index (χ4v) is 4.11. The molecule has 3 aromatic rings. The second kappa shape index (κ2) is 6.84. The fourth-order valence-electron chi connectivity index (χ4n) is 2.38. The summed E-state index contributed by atoms with van der Waals surface area (Å²) in [6.45, 7) is 6.37. The minimum atomic E-state index is 0.383. The molecule has 1 aromatic carbocycles. The first-order valence-corrected chi connectivity index (χ1v) is 9.44. The number of thioether (sulfide) groups is 1. The molecular weight excluding hydrogens is 324 g/mol. The molecule has 0 aliphatic carbocycles. The Morgan fingerprint density at radius 3 is 2.78 bits per heavy atom. The van der Waals surface area contributed by atoms with E-state index in [2.05, 4.69) is 65.2 Å². The predicted octanol–water partition coefficient (Wildman–Crippen LogP) is 4.66. The van der Waals surface area contributed by atoms with Crippen molar-refractivity contribution < 1.29 is 0 Å². The van der Waals surface area contributed by atoms with Crippen molar-refractivity contribution >= 4 is 23.1 Å². The van der Waals surface area contributed by atoms with Gasteiger partial charge in [-0.15, -0.1) is 21.5 Å². The first-order valence-electron chi connectivity index (χ1n) is 7.58. The molecule has 0 bridgehead atoms. The van der Waals surface area contributed by atoms with Crippen molar-refractivity contribution in [1.82, 2.24) is 19.7 Å². The van der Waals surface area contributed by atoms with Crippen LogP contribution in [0, 0.1) is 6.92 Å². The van der Waals surface area contributed by atoms with Gasteiger partial charge in [-0.1, -0.05) is 49.4 Å². The number of nitrogens with zero attached hydrogens (tertiary/aromatic N) is 4. The Balaban J connectivity index is 1.70. The second-order valence-corrected chi connectivity index (χ2v) is 7.66. The van der Waals surface area contributed by atoms with Crippen molar-refractivity contribution in [3.05, 3.63) is 46.7 Å². The SMILES string of the molecule is Cc1cccc(-c2nc(CSc3nnc(C(C)C)n3C)cs2)c1. The summed E-state index contributed by atoms with van der Waals surface area (Å²) < 4.78 is 2.07. The number of hydrogen-bond donors (Lipinski definition) is 0. The Hall–Kier alpha value is -1.66. The van der Waals surface area contributed by atoms with Crippen LogP contribution in [-0.4, -0.2) is 19.7 Å². The highest BCUT2D eigenvalue weighted by atomic mass is 32.2. The zero-order valence-electron chi connectivity index (χ0n) is 13.8. The Labute approximate surface area is 145 Å². The smallest absolute Gasteiger partial charge is 0.191 e. The Morgan fingerprint density at radius 1 is 1.26 bits per heavy atom. The van der Waals surface area contributed by atoms with E-state index in [0.717, 1.165) is 27.4 Å². The highest BCUT2D eigenvalue weighted by Crippen LogP contribution is 2.28. The van der Waals surface area contributed by atoms with E-state index in [9.17, 15) is 0 Å². The average Bonchev–Trinajstić information content (AvgIpc) is 3.12. The van der Waals surface area contributed by atoms with Crippen molar-refractivity contribution in [2.75, 3.05) is 0 Å². The first-order chi connectivity index (χ1) is 11.0. The maximum atomic E-state index is 4.75. The summed E-state index contributed by atoms with van der Waals surface area (Å²) in [7, 11) is 2.02. The molecule has 120 valence electrons. The van der Waals surface area contributed by atoms with Gasteiger partial charge in [-0.3, -0.25) is 0 Å². The molecule has 4 nitrogen and oxygen atoms in total. The third-order valence-electron chi connectivity index (χ3n) is 3.55. The third-order valence-corrected chi connectivity index (χ3v) is 5.54. The van der Waals surface area contributed by atoms with Gasteiger partial charge >= 0.3 is 0 Å². The lowest BCUT2D eigenvalue weighted by molar-refractivity contribution is 0.680. The van der Waals surface area contributed by atoms with Crippen molar-refractivity contribution in [2.45, 2.75) is 37.6 Å². The Bertz CT molecular complexity index is 805. The van der Waals surface area contributed by atoms with Gasteiger partial charge in [-0.05, 0) is 13.0 Å². The molecule has 3 rings (SSSR count). The standard InChI is InChI=1S/C17H20N4S2/c1-11(2)15-19-20-17(21(15)4)23-10-14-9-22-16(18-14)13-7-5-6-12(3)8-13/h5-9,11H,10H2,1-4H3. The van der Waals surface area contributed by atoms with Crippen molar-refractivity contribution in [3.8, 4) is 10.6 Å². The van der Waals surface area contributed by atoms with Crippen molar-refractivity contribution in [1.29, 1.82) is 0 Å². The monoisotopic (exact) mass is 344 g/mol. The van der Waals surface area contributed by atoms with E-state index in [4.69, 9.17) is 4.98 Å². The molecule has 23 heavy (non-hydrogen) atoms. The minimum absolute atomic E-state index is 0.383. The summed E-state index contributed by atoms with van der Waals surface area (Å²) in [5.74, 6) is 2.21. The van der Waals surface area contributed by atoms with Gasteiger partial charge in [-0.2, -0.15) is 0 Å². The zero-order valence-corrected chi connectivity index (χ0v) is 15.4. The number of rotatable bonds is 5. The maximum absolute atomic E-state index is 4.75. The number of benzene rings is 1. The van der Waals surface area contributed by atoms with Crippen LogP contribution >= 0.6 is 23.1 Å². The van der Waals surface area contributed by atoms with Crippen molar-refractivity contribution in [3.63, 3.8) is 0 Å². The molecule has 0 amide bonds. The second-order valence-electron chi connectivity index (χ2n) is 5.86. The van der Waals surface area contributed by atoms with Gasteiger partial charge in [-0.25, -0.2) is 4.98 Å². The van der Waals surface area contributed by atoms with Crippen molar-refractivity contribution in [2.24, 2.45) is 7.05 Å². The molecule has 0 aliphatic rings. The van der Waals surface area contributed by atoms with E-state index >= 15 is 0 Å². The van der Waals surface area contributed by atoms with Crippen LogP contribution in [0.25, 0.3) is 10.6 Å². The molecule has 0 N–H and O–H groups in total. The van der Waals surface area contributed by atoms with Gasteiger partial charge in [0.05, 0.1) is 5.69 Å².